The van der Waals surface area contributed by atoms with Crippen LogP contribution in [0.15, 0.2) is 24.3 Å². The molecule has 5 nitrogen and oxygen atoms in total. The van der Waals surface area contributed by atoms with Crippen LogP contribution in [0.4, 0.5) is 0 Å². The highest BCUT2D eigenvalue weighted by Gasteiger charge is 2.52. The SMILES string of the molecule is CCCCCC(CC)(C(=O)O)N1C(=O)c2ccccc2C1=O. The molecular weight excluding hydrogens is 282 g/mol. The van der Waals surface area contributed by atoms with E-state index >= 15 is 0 Å². The molecule has 0 aromatic heterocycles. The average molecular weight is 303 g/mol. The number of unbranched alkanes of at least 4 members (excludes halogenated alkanes) is 2. The molecule has 0 aliphatic carbocycles. The molecule has 118 valence electrons. The van der Waals surface area contributed by atoms with Crippen molar-refractivity contribution in [3.63, 3.8) is 0 Å². The summed E-state index contributed by atoms with van der Waals surface area (Å²) >= 11 is 0. The van der Waals surface area contributed by atoms with Gasteiger partial charge in [0.25, 0.3) is 11.8 Å². The smallest absolute Gasteiger partial charge is 0.330 e. The monoisotopic (exact) mass is 303 g/mol. The summed E-state index contributed by atoms with van der Waals surface area (Å²) < 4.78 is 0. The number of rotatable bonds is 7. The van der Waals surface area contributed by atoms with Crippen molar-refractivity contribution >= 4 is 17.8 Å². The van der Waals surface area contributed by atoms with Crippen molar-refractivity contribution in [3.05, 3.63) is 35.4 Å². The Morgan fingerprint density at radius 3 is 2.05 bits per heavy atom. The summed E-state index contributed by atoms with van der Waals surface area (Å²) in [4.78, 5) is 38.1. The number of hydrogen-bond donors (Lipinski definition) is 1. The maximum absolute atomic E-state index is 12.6. The minimum Gasteiger partial charge on any atom is -0.479 e. The second-order valence-corrected chi connectivity index (χ2v) is 5.64. The Morgan fingerprint density at radius 1 is 1.09 bits per heavy atom. The van der Waals surface area contributed by atoms with Gasteiger partial charge in [-0.1, -0.05) is 45.2 Å². The average Bonchev–Trinajstić information content (AvgIpc) is 2.77. The zero-order valence-electron chi connectivity index (χ0n) is 13.0. The number of carbonyl (C=O) groups is 3. The van der Waals surface area contributed by atoms with Gasteiger partial charge in [0.2, 0.25) is 0 Å². The van der Waals surface area contributed by atoms with E-state index in [2.05, 4.69) is 0 Å². The van der Waals surface area contributed by atoms with Crippen molar-refractivity contribution in [1.29, 1.82) is 0 Å². The summed E-state index contributed by atoms with van der Waals surface area (Å²) in [5.74, 6) is -2.11. The molecule has 1 aliphatic rings. The number of nitrogens with zero attached hydrogens (tertiary/aromatic N) is 1. The highest BCUT2D eigenvalue weighted by molar-refractivity contribution is 6.23. The van der Waals surface area contributed by atoms with E-state index in [-0.39, 0.29) is 12.8 Å². The quantitative estimate of drug-likeness (QED) is 0.620. The van der Waals surface area contributed by atoms with Crippen LogP contribution in [-0.4, -0.2) is 33.3 Å². The molecule has 1 atom stereocenters. The van der Waals surface area contributed by atoms with E-state index in [1.165, 1.54) is 0 Å². The van der Waals surface area contributed by atoms with E-state index in [1.54, 1.807) is 31.2 Å². The number of imide groups is 1. The van der Waals surface area contributed by atoms with Gasteiger partial charge < -0.3 is 5.11 Å². The molecule has 0 saturated heterocycles. The Labute approximate surface area is 129 Å². The predicted octanol–water partition coefficient (Wildman–Crippen LogP) is 3.10. The number of carbonyl (C=O) groups excluding carboxylic acids is 2. The van der Waals surface area contributed by atoms with Crippen LogP contribution in [0, 0.1) is 0 Å². The standard InChI is InChI=1S/C17H21NO4/c1-3-5-8-11-17(4-2,16(21)22)18-14(19)12-9-6-7-10-13(12)15(18)20/h6-7,9-10H,3-5,8,11H2,1-2H3,(H,21,22). The van der Waals surface area contributed by atoms with Gasteiger partial charge in [0.15, 0.2) is 0 Å². The zero-order chi connectivity index (χ0) is 16.3. The van der Waals surface area contributed by atoms with E-state index < -0.39 is 23.3 Å². The third-order valence-electron chi connectivity index (χ3n) is 4.40. The summed E-state index contributed by atoms with van der Waals surface area (Å²) in [6, 6.07) is 6.51. The molecule has 1 unspecified atom stereocenters. The number of fused-ring (bicyclic) bond motifs is 1. The molecule has 22 heavy (non-hydrogen) atoms. The maximum Gasteiger partial charge on any atom is 0.330 e. The van der Waals surface area contributed by atoms with Crippen LogP contribution >= 0.6 is 0 Å². The first-order valence-electron chi connectivity index (χ1n) is 7.71. The fourth-order valence-electron chi connectivity index (χ4n) is 3.05. The number of benzene rings is 1. The van der Waals surface area contributed by atoms with Crippen molar-refractivity contribution in [2.45, 2.75) is 51.5 Å². The van der Waals surface area contributed by atoms with Crippen LogP contribution in [0.5, 0.6) is 0 Å². The zero-order valence-corrected chi connectivity index (χ0v) is 13.0. The maximum atomic E-state index is 12.6. The first-order valence-corrected chi connectivity index (χ1v) is 7.71. The van der Waals surface area contributed by atoms with E-state index in [1.807, 2.05) is 6.92 Å². The Balaban J connectivity index is 2.43. The fourth-order valence-corrected chi connectivity index (χ4v) is 3.05. The van der Waals surface area contributed by atoms with Gasteiger partial charge in [-0.05, 0) is 25.0 Å². The van der Waals surface area contributed by atoms with Gasteiger partial charge >= 0.3 is 5.97 Å². The Hall–Kier alpha value is -2.17. The molecule has 2 amide bonds. The van der Waals surface area contributed by atoms with Gasteiger partial charge in [-0.2, -0.15) is 0 Å². The minimum absolute atomic E-state index is 0.206. The minimum atomic E-state index is -1.46. The van der Waals surface area contributed by atoms with Gasteiger partial charge in [0, 0.05) is 0 Å². The van der Waals surface area contributed by atoms with E-state index in [9.17, 15) is 19.5 Å². The van der Waals surface area contributed by atoms with Gasteiger partial charge in [-0.25, -0.2) is 4.79 Å². The Kier molecular flexibility index (Phi) is 4.64. The van der Waals surface area contributed by atoms with Gasteiger partial charge in [-0.3, -0.25) is 14.5 Å². The molecule has 0 fully saturated rings. The molecule has 0 radical (unpaired) electrons. The number of aliphatic carboxylic acids is 1. The normalized spacial score (nSPS) is 16.5. The molecule has 1 aliphatic heterocycles. The third-order valence-corrected chi connectivity index (χ3v) is 4.40. The van der Waals surface area contributed by atoms with E-state index in [4.69, 9.17) is 0 Å². The lowest BCUT2D eigenvalue weighted by atomic mass is 9.87. The van der Waals surface area contributed by atoms with Crippen LogP contribution in [0.2, 0.25) is 0 Å². The number of amides is 2. The first kappa shape index (κ1) is 16.2. The summed E-state index contributed by atoms with van der Waals surface area (Å²) in [6.45, 7) is 3.74. The summed E-state index contributed by atoms with van der Waals surface area (Å²) in [5.41, 5.74) is -0.869. The van der Waals surface area contributed by atoms with Crippen molar-refractivity contribution in [2.24, 2.45) is 0 Å². The topological polar surface area (TPSA) is 74.7 Å². The lowest BCUT2D eigenvalue weighted by Crippen LogP contribution is -2.56. The molecule has 1 N–H and O–H groups in total. The lowest BCUT2D eigenvalue weighted by Gasteiger charge is -2.36. The highest BCUT2D eigenvalue weighted by Crippen LogP contribution is 2.35. The number of hydrogen-bond acceptors (Lipinski definition) is 3. The van der Waals surface area contributed by atoms with E-state index in [0.29, 0.717) is 17.5 Å². The predicted molar refractivity (Wildman–Crippen MR) is 81.7 cm³/mol. The van der Waals surface area contributed by atoms with Crippen LogP contribution in [-0.2, 0) is 4.79 Å². The molecular formula is C17H21NO4. The van der Waals surface area contributed by atoms with Gasteiger partial charge in [-0.15, -0.1) is 0 Å². The summed E-state index contributed by atoms with van der Waals surface area (Å²) in [5, 5.41) is 9.75. The molecule has 1 aromatic rings. The fraction of sp³-hybridized carbons (Fsp3) is 0.471. The van der Waals surface area contributed by atoms with Crippen LogP contribution in [0.1, 0.15) is 66.7 Å². The first-order chi connectivity index (χ1) is 10.5. The largest absolute Gasteiger partial charge is 0.479 e. The molecule has 5 heteroatoms. The lowest BCUT2D eigenvalue weighted by molar-refractivity contribution is -0.149. The van der Waals surface area contributed by atoms with E-state index in [0.717, 1.165) is 17.7 Å². The van der Waals surface area contributed by atoms with Crippen molar-refractivity contribution in [1.82, 2.24) is 4.90 Å². The summed E-state index contributed by atoms with van der Waals surface area (Å²) in [6.07, 6.45) is 2.99. The molecule has 1 aromatic carbocycles. The van der Waals surface area contributed by atoms with Crippen molar-refractivity contribution < 1.29 is 19.5 Å². The van der Waals surface area contributed by atoms with Crippen molar-refractivity contribution in [2.75, 3.05) is 0 Å². The Bertz CT molecular complexity index is 575. The summed E-state index contributed by atoms with van der Waals surface area (Å²) in [7, 11) is 0. The van der Waals surface area contributed by atoms with Gasteiger partial charge in [0.1, 0.15) is 5.54 Å². The number of carboxylic acid groups (broad SMARTS) is 1. The third kappa shape index (κ3) is 2.40. The highest BCUT2D eigenvalue weighted by atomic mass is 16.4. The molecule has 0 spiro atoms. The van der Waals surface area contributed by atoms with Gasteiger partial charge in [0.05, 0.1) is 11.1 Å². The molecule has 1 heterocycles. The second kappa shape index (κ2) is 6.30. The Morgan fingerprint density at radius 2 is 1.64 bits per heavy atom. The number of carboxylic acids is 1. The molecule has 0 saturated carbocycles. The molecule has 0 bridgehead atoms. The van der Waals surface area contributed by atoms with Crippen LogP contribution in [0.3, 0.4) is 0 Å². The van der Waals surface area contributed by atoms with Crippen molar-refractivity contribution in [3.8, 4) is 0 Å². The van der Waals surface area contributed by atoms with Crippen LogP contribution < -0.4 is 0 Å². The second-order valence-electron chi connectivity index (χ2n) is 5.64. The molecule has 2 rings (SSSR count). The van der Waals surface area contributed by atoms with Crippen LogP contribution in [0.25, 0.3) is 0 Å².